The topological polar surface area (TPSA) is 123 Å². The second-order valence-corrected chi connectivity index (χ2v) is 11.5. The van der Waals surface area contributed by atoms with Crippen molar-refractivity contribution in [1.82, 2.24) is 5.32 Å². The van der Waals surface area contributed by atoms with Gasteiger partial charge in [-0.1, -0.05) is 88.0 Å². The van der Waals surface area contributed by atoms with Gasteiger partial charge in [0.05, 0.1) is 41.7 Å². The van der Waals surface area contributed by atoms with Gasteiger partial charge in [-0.3, -0.25) is 5.32 Å². The summed E-state index contributed by atoms with van der Waals surface area (Å²) in [5.41, 5.74) is 0. The van der Waals surface area contributed by atoms with Crippen LogP contribution in [0.3, 0.4) is 0 Å². The minimum atomic E-state index is 0.465. The molecular formula is C35H87NO12S3. The molecule has 0 radical (unpaired) electrons. The Morgan fingerprint density at radius 1 is 0.392 bits per heavy atom. The van der Waals surface area contributed by atoms with Crippen molar-refractivity contribution in [3.8, 4) is 0 Å². The van der Waals surface area contributed by atoms with Crippen LogP contribution >= 0.6 is 36.1 Å². The Labute approximate surface area is 330 Å². The molecule has 0 heterocycles. The summed E-state index contributed by atoms with van der Waals surface area (Å²) in [7, 11) is 9.46. The van der Waals surface area contributed by atoms with Gasteiger partial charge in [-0.05, 0) is 52.0 Å². The molecule has 16 heteroatoms. The molecule has 0 aliphatic carbocycles. The number of unbranched alkanes of at least 4 members (excludes halogenated alkanes) is 3. The minimum Gasteiger partial charge on any atom is -0.385 e. The van der Waals surface area contributed by atoms with Gasteiger partial charge in [0, 0.05) is 80.8 Å². The summed E-state index contributed by atoms with van der Waals surface area (Å²) in [6, 6.07) is 0. The summed E-state index contributed by atoms with van der Waals surface area (Å²) < 4.78 is 23.1. The van der Waals surface area contributed by atoms with Crippen molar-refractivity contribution >= 4 is 36.1 Å². The van der Waals surface area contributed by atoms with Gasteiger partial charge in [0.15, 0.2) is 0 Å². The average molecular weight is 810 g/mol. The Morgan fingerprint density at radius 3 is 1.08 bits per heavy atom. The van der Waals surface area contributed by atoms with E-state index in [9.17, 15) is 0 Å². The summed E-state index contributed by atoms with van der Waals surface area (Å²) >= 11 is 4.02. The van der Waals surface area contributed by atoms with Crippen LogP contribution < -0.4 is 5.32 Å². The molecule has 0 unspecified atom stereocenters. The third-order valence-corrected chi connectivity index (χ3v) is 6.53. The van der Waals surface area contributed by atoms with Gasteiger partial charge < -0.3 is 9.47 Å². The van der Waals surface area contributed by atoms with E-state index in [1.807, 2.05) is 13.8 Å². The van der Waals surface area contributed by atoms with E-state index in [4.69, 9.17) is 9.47 Å². The summed E-state index contributed by atoms with van der Waals surface area (Å²) in [6.07, 6.45) is 11.8. The van der Waals surface area contributed by atoms with Crippen LogP contribution in [0.25, 0.3) is 0 Å². The molecule has 0 aliphatic rings. The minimum absolute atomic E-state index is 0.465. The molecule has 0 amide bonds. The fourth-order valence-corrected chi connectivity index (χ4v) is 2.57. The van der Waals surface area contributed by atoms with Crippen molar-refractivity contribution < 1.29 is 56.7 Å². The van der Waals surface area contributed by atoms with Gasteiger partial charge in [-0.25, -0.2) is 34.2 Å². The van der Waals surface area contributed by atoms with Gasteiger partial charge in [-0.15, -0.1) is 0 Å². The van der Waals surface area contributed by atoms with Crippen molar-refractivity contribution in [2.75, 3.05) is 99.6 Å². The molecule has 0 spiro atoms. The fraction of sp³-hybridized carbons (Fsp3) is 1.00. The number of hydrogen-bond donors (Lipinski definition) is 1. The van der Waals surface area contributed by atoms with E-state index >= 15 is 0 Å². The van der Waals surface area contributed by atoms with E-state index in [2.05, 4.69) is 108 Å². The molecule has 0 saturated heterocycles. The highest BCUT2D eigenvalue weighted by Gasteiger charge is 1.84. The maximum atomic E-state index is 4.78. The highest BCUT2D eigenvalue weighted by Crippen LogP contribution is 2.03. The molecule has 0 fully saturated rings. The molecule has 0 bridgehead atoms. The van der Waals surface area contributed by atoms with Crippen LogP contribution in [0.15, 0.2) is 0 Å². The normalized spacial score (nSPS) is 9.18. The van der Waals surface area contributed by atoms with E-state index in [1.54, 1.807) is 14.2 Å². The molecule has 0 aromatic carbocycles. The molecule has 0 rings (SSSR count). The zero-order valence-corrected chi connectivity index (χ0v) is 38.5. The molecule has 0 aromatic rings. The van der Waals surface area contributed by atoms with Gasteiger partial charge in [0.1, 0.15) is 6.73 Å². The summed E-state index contributed by atoms with van der Waals surface area (Å²) in [4.78, 5) is 30.9. The highest BCUT2D eigenvalue weighted by molar-refractivity contribution is 7.94. The maximum absolute atomic E-state index is 4.78. The molecule has 0 saturated carbocycles. The van der Waals surface area contributed by atoms with Crippen LogP contribution in [0.2, 0.25) is 0 Å². The highest BCUT2D eigenvalue weighted by atomic mass is 32.2. The number of nitrogens with one attached hydrogen (secondary N) is 1. The Morgan fingerprint density at radius 2 is 0.824 bits per heavy atom. The third-order valence-electron chi connectivity index (χ3n) is 4.15. The summed E-state index contributed by atoms with van der Waals surface area (Å²) in [5.74, 6) is 2.99. The molecule has 13 nitrogen and oxygen atoms in total. The van der Waals surface area contributed by atoms with Crippen LogP contribution in [0, 0.1) is 0 Å². The average Bonchev–Trinajstić information content (AvgIpc) is 3.15. The van der Waals surface area contributed by atoms with Crippen molar-refractivity contribution in [3.05, 3.63) is 0 Å². The molecule has 51 heavy (non-hydrogen) atoms. The van der Waals surface area contributed by atoms with E-state index in [1.165, 1.54) is 90.3 Å². The maximum Gasteiger partial charge on any atom is 0.133 e. The number of rotatable bonds is 27. The van der Waals surface area contributed by atoms with E-state index in [0.29, 0.717) is 19.9 Å². The lowest BCUT2D eigenvalue weighted by molar-refractivity contribution is -0.276. The zero-order valence-electron chi connectivity index (χ0n) is 36.1. The lowest BCUT2D eigenvalue weighted by Crippen LogP contribution is -2.16. The quantitative estimate of drug-likeness (QED) is 0.0278. The van der Waals surface area contributed by atoms with Crippen LogP contribution in [0.1, 0.15) is 133 Å². The molecule has 322 valence electrons. The van der Waals surface area contributed by atoms with E-state index < -0.39 is 0 Å². The molecular weight excluding hydrogens is 723 g/mol. The summed E-state index contributed by atoms with van der Waals surface area (Å²) in [6.45, 7) is 25.4. The predicted octanol–water partition coefficient (Wildman–Crippen LogP) is 11.0. The first-order valence-electron chi connectivity index (χ1n) is 18.4. The number of ether oxygens (including phenoxy) is 2. The fourth-order valence-electron chi connectivity index (χ4n) is 1.51. The Hall–Kier alpha value is 0.530. The number of methoxy groups -OCH3 is 2. The first kappa shape index (κ1) is 69.4. The molecule has 0 aliphatic heterocycles. The number of hydrogen-bond acceptors (Lipinski definition) is 16. The molecule has 1 N–H and O–H groups in total. The van der Waals surface area contributed by atoms with Crippen LogP contribution in [0.4, 0.5) is 0 Å². The van der Waals surface area contributed by atoms with Crippen LogP contribution in [-0.2, 0) is 56.7 Å². The standard InChI is InChI=1S/C5H12O2S.C5H12O2.C5H12O.C4H11NO2.2C4H10O2S.C4H10O.C4H10/c1-3-5-8-7-6-4-2;1-3-4-5-7-6-2;1-3-4-5-6-2;1-3-5-4-7-6-2;2*1-3-4-7-6-5-2;1-3-4-5-2;1-3-4-2/h3-5H2,1-2H3;3-5H2,1-2H3;3-5H2,1-2H3;5H,3-4H2,1-2H3;2*3-4H2,1-2H3;3-4H2,1-2H3;3-4H2,1-2H3. The monoisotopic (exact) mass is 810 g/mol. The van der Waals surface area contributed by atoms with Crippen molar-refractivity contribution in [1.29, 1.82) is 0 Å². The van der Waals surface area contributed by atoms with Crippen molar-refractivity contribution in [2.45, 2.75) is 133 Å². The summed E-state index contributed by atoms with van der Waals surface area (Å²) in [5, 5.41) is 2.90. The second kappa shape index (κ2) is 98.2. The largest absolute Gasteiger partial charge is 0.385 e. The lowest BCUT2D eigenvalue weighted by Gasteiger charge is -1.96. The zero-order chi connectivity index (χ0) is 40.7. The first-order valence-corrected chi connectivity index (χ1v) is 21.1. The first-order chi connectivity index (χ1) is 24.8. The second-order valence-electron chi connectivity index (χ2n) is 9.12. The Bertz CT molecular complexity index is 351. The smallest absolute Gasteiger partial charge is 0.133 e. The van der Waals surface area contributed by atoms with E-state index in [-0.39, 0.29) is 0 Å². The van der Waals surface area contributed by atoms with Crippen LogP contribution in [-0.4, -0.2) is 99.6 Å². The third kappa shape index (κ3) is 157. The van der Waals surface area contributed by atoms with Crippen LogP contribution in [0.5, 0.6) is 0 Å². The molecule has 0 aromatic heterocycles. The van der Waals surface area contributed by atoms with Gasteiger partial charge in [0.25, 0.3) is 0 Å². The van der Waals surface area contributed by atoms with Gasteiger partial charge in [0.2, 0.25) is 0 Å². The Kier molecular flexibility index (Phi) is 134. The SMILES string of the molecule is CCCC.CCCCOC.CCCCOOC.CCCOC.CCCSOOC.CCCSOOC.CCCSOOCC.CCNCOOC. The Balaban J connectivity index is -0.0000000695. The van der Waals surface area contributed by atoms with Gasteiger partial charge in [-0.2, -0.15) is 13.0 Å². The van der Waals surface area contributed by atoms with E-state index in [0.717, 1.165) is 75.5 Å². The lowest BCUT2D eigenvalue weighted by atomic mass is 10.4. The van der Waals surface area contributed by atoms with Crippen molar-refractivity contribution in [3.63, 3.8) is 0 Å². The molecule has 0 atom stereocenters. The van der Waals surface area contributed by atoms with Gasteiger partial charge >= 0.3 is 0 Å². The van der Waals surface area contributed by atoms with Crippen molar-refractivity contribution in [2.24, 2.45) is 0 Å². The predicted molar refractivity (Wildman–Crippen MR) is 221 cm³/mol.